The van der Waals surface area contributed by atoms with E-state index >= 15 is 0 Å². The van der Waals surface area contributed by atoms with Gasteiger partial charge in [-0.1, -0.05) is 20.8 Å². The van der Waals surface area contributed by atoms with Crippen molar-refractivity contribution in [3.8, 4) is 11.5 Å². The number of rotatable bonds is 6. The number of furan rings is 1. The normalized spacial score (nSPS) is 11.2. The van der Waals surface area contributed by atoms with E-state index in [1.54, 1.807) is 12.1 Å². The van der Waals surface area contributed by atoms with Gasteiger partial charge in [-0.05, 0) is 18.2 Å². The molecule has 25 heavy (non-hydrogen) atoms. The third-order valence-corrected chi connectivity index (χ3v) is 3.75. The van der Waals surface area contributed by atoms with Gasteiger partial charge in [-0.25, -0.2) is 0 Å². The van der Waals surface area contributed by atoms with E-state index in [-0.39, 0.29) is 40.4 Å². The summed E-state index contributed by atoms with van der Waals surface area (Å²) < 4.78 is 15.9. The average molecular weight is 347 g/mol. The van der Waals surface area contributed by atoms with Crippen LogP contribution in [0.3, 0.4) is 0 Å². The molecule has 0 bridgehead atoms. The molecule has 0 N–H and O–H groups in total. The molecule has 0 saturated carbocycles. The third kappa shape index (κ3) is 3.99. The second-order valence-corrected chi connectivity index (χ2v) is 6.61. The molecule has 0 spiro atoms. The smallest absolute Gasteiger partial charge is 0.277 e. The van der Waals surface area contributed by atoms with Crippen LogP contribution >= 0.6 is 0 Å². The Bertz CT molecular complexity index is 800. The number of nitro groups is 1. The Kier molecular flexibility index (Phi) is 5.15. The van der Waals surface area contributed by atoms with E-state index in [1.807, 2.05) is 20.8 Å². The van der Waals surface area contributed by atoms with Gasteiger partial charge < -0.3 is 13.9 Å². The fourth-order valence-corrected chi connectivity index (χ4v) is 2.37. The lowest BCUT2D eigenvalue weighted by Gasteiger charge is -2.14. The van der Waals surface area contributed by atoms with Gasteiger partial charge in [0.15, 0.2) is 17.3 Å². The number of benzene rings is 1. The number of ether oxygens (including phenoxy) is 2. The monoisotopic (exact) mass is 347 g/mol. The van der Waals surface area contributed by atoms with Crippen LogP contribution in [-0.4, -0.2) is 24.9 Å². The van der Waals surface area contributed by atoms with Crippen LogP contribution in [0.5, 0.6) is 11.5 Å². The minimum atomic E-state index is -0.548. The summed E-state index contributed by atoms with van der Waals surface area (Å²) in [6.45, 7) is 5.91. The molecule has 0 fully saturated rings. The summed E-state index contributed by atoms with van der Waals surface area (Å²) in [6.07, 6.45) is -0.173. The fraction of sp³-hybridized carbons (Fsp3) is 0.389. The van der Waals surface area contributed by atoms with Gasteiger partial charge in [0.1, 0.15) is 5.76 Å². The third-order valence-electron chi connectivity index (χ3n) is 3.75. The second kappa shape index (κ2) is 6.96. The van der Waals surface area contributed by atoms with E-state index in [0.29, 0.717) is 11.5 Å². The Morgan fingerprint density at radius 2 is 1.76 bits per heavy atom. The lowest BCUT2D eigenvalue weighted by molar-refractivity contribution is -0.385. The zero-order chi connectivity index (χ0) is 18.8. The highest BCUT2D eigenvalue weighted by molar-refractivity contribution is 5.95. The average Bonchev–Trinajstić information content (AvgIpc) is 3.04. The number of methoxy groups -OCH3 is 2. The predicted octanol–water partition coefficient (Wildman–Crippen LogP) is 3.93. The molecule has 1 aromatic heterocycles. The molecule has 1 aromatic carbocycles. The maximum absolute atomic E-state index is 12.5. The van der Waals surface area contributed by atoms with Crippen molar-refractivity contribution >= 4 is 11.5 Å². The van der Waals surface area contributed by atoms with Gasteiger partial charge in [0, 0.05) is 17.4 Å². The summed E-state index contributed by atoms with van der Waals surface area (Å²) in [5.74, 6) is 1.07. The minimum Gasteiger partial charge on any atom is -0.493 e. The number of hydrogen-bond donors (Lipinski definition) is 0. The number of carbonyl (C=O) groups excluding carboxylic acids is 1. The van der Waals surface area contributed by atoms with Gasteiger partial charge in [-0.3, -0.25) is 14.9 Å². The molecule has 2 aromatic rings. The highest BCUT2D eigenvalue weighted by Gasteiger charge is 2.24. The summed E-state index contributed by atoms with van der Waals surface area (Å²) in [4.78, 5) is 23.3. The van der Waals surface area contributed by atoms with Crippen LogP contribution in [0.4, 0.5) is 5.69 Å². The Morgan fingerprint density at radius 3 is 2.24 bits per heavy atom. The largest absolute Gasteiger partial charge is 0.493 e. The van der Waals surface area contributed by atoms with Crippen LogP contribution in [0.2, 0.25) is 0 Å². The SMILES string of the molecule is COc1cc(CC(=O)c2ccc(C(C)(C)C)o2)c([N+](=O)[O-])cc1OC. The lowest BCUT2D eigenvalue weighted by atomic mass is 9.94. The van der Waals surface area contributed by atoms with Crippen molar-refractivity contribution in [2.45, 2.75) is 32.6 Å². The van der Waals surface area contributed by atoms with E-state index in [2.05, 4.69) is 0 Å². The van der Waals surface area contributed by atoms with E-state index in [0.717, 1.165) is 0 Å². The van der Waals surface area contributed by atoms with Gasteiger partial charge in [-0.15, -0.1) is 0 Å². The summed E-state index contributed by atoms with van der Waals surface area (Å²) in [5, 5.41) is 11.3. The molecule has 1 heterocycles. The number of carbonyl (C=O) groups is 1. The number of nitro benzene ring substituents is 1. The maximum Gasteiger partial charge on any atom is 0.277 e. The molecular weight excluding hydrogens is 326 g/mol. The van der Waals surface area contributed by atoms with Crippen LogP contribution in [0.1, 0.15) is 42.6 Å². The predicted molar refractivity (Wildman–Crippen MR) is 91.6 cm³/mol. The maximum atomic E-state index is 12.5. The van der Waals surface area contributed by atoms with Crippen LogP contribution < -0.4 is 9.47 Å². The molecule has 7 nitrogen and oxygen atoms in total. The van der Waals surface area contributed by atoms with Gasteiger partial charge in [0.25, 0.3) is 5.69 Å². The number of nitrogens with zero attached hydrogens (tertiary/aromatic N) is 1. The quantitative estimate of drug-likeness (QED) is 0.447. The van der Waals surface area contributed by atoms with Crippen LogP contribution in [0.25, 0.3) is 0 Å². The summed E-state index contributed by atoms with van der Waals surface area (Å²) in [5.41, 5.74) is -0.191. The highest BCUT2D eigenvalue weighted by atomic mass is 16.6. The molecule has 0 aliphatic rings. The summed E-state index contributed by atoms with van der Waals surface area (Å²) >= 11 is 0. The van der Waals surface area contributed by atoms with E-state index < -0.39 is 4.92 Å². The van der Waals surface area contributed by atoms with Crippen molar-refractivity contribution < 1.29 is 23.6 Å². The molecule has 0 aliphatic carbocycles. The van der Waals surface area contributed by atoms with Crippen molar-refractivity contribution in [3.63, 3.8) is 0 Å². The molecule has 134 valence electrons. The van der Waals surface area contributed by atoms with E-state index in [1.165, 1.54) is 26.4 Å². The first-order valence-corrected chi connectivity index (χ1v) is 7.70. The first kappa shape index (κ1) is 18.5. The van der Waals surface area contributed by atoms with Crippen LogP contribution in [0.15, 0.2) is 28.7 Å². The van der Waals surface area contributed by atoms with Gasteiger partial charge >= 0.3 is 0 Å². The van der Waals surface area contributed by atoms with E-state index in [9.17, 15) is 14.9 Å². The minimum absolute atomic E-state index is 0.173. The first-order chi connectivity index (χ1) is 11.7. The Morgan fingerprint density at radius 1 is 1.16 bits per heavy atom. The molecular formula is C18H21NO6. The molecule has 0 amide bonds. The fourth-order valence-electron chi connectivity index (χ4n) is 2.37. The molecule has 7 heteroatoms. The summed E-state index contributed by atoms with van der Waals surface area (Å²) in [7, 11) is 2.82. The molecule has 0 atom stereocenters. The topological polar surface area (TPSA) is 91.8 Å². The van der Waals surface area contributed by atoms with Crippen molar-refractivity contribution in [2.75, 3.05) is 14.2 Å². The standard InChI is InChI=1S/C18H21NO6/c1-18(2,3)17-7-6-14(25-17)13(20)8-11-9-15(23-4)16(24-5)10-12(11)19(21)22/h6-7,9-10H,8H2,1-5H3. The Hall–Kier alpha value is -2.83. The second-order valence-electron chi connectivity index (χ2n) is 6.61. The number of ketones is 1. The van der Waals surface area contributed by atoms with Gasteiger partial charge in [-0.2, -0.15) is 0 Å². The van der Waals surface area contributed by atoms with Crippen molar-refractivity contribution in [1.82, 2.24) is 0 Å². The number of hydrogen-bond acceptors (Lipinski definition) is 6. The molecule has 2 rings (SSSR count). The Labute approximate surface area is 145 Å². The van der Waals surface area contributed by atoms with Crippen LogP contribution in [-0.2, 0) is 11.8 Å². The van der Waals surface area contributed by atoms with Crippen molar-refractivity contribution in [3.05, 3.63) is 51.5 Å². The molecule has 0 unspecified atom stereocenters. The summed E-state index contributed by atoms with van der Waals surface area (Å²) in [6, 6.07) is 6.04. The zero-order valence-corrected chi connectivity index (χ0v) is 14.9. The highest BCUT2D eigenvalue weighted by Crippen LogP contribution is 2.35. The lowest BCUT2D eigenvalue weighted by Crippen LogP contribution is -2.10. The van der Waals surface area contributed by atoms with Crippen molar-refractivity contribution in [1.29, 1.82) is 0 Å². The molecule has 0 aliphatic heterocycles. The Balaban J connectivity index is 2.37. The van der Waals surface area contributed by atoms with E-state index in [4.69, 9.17) is 13.9 Å². The molecule has 0 saturated heterocycles. The van der Waals surface area contributed by atoms with Gasteiger partial charge in [0.2, 0.25) is 5.78 Å². The molecule has 0 radical (unpaired) electrons. The first-order valence-electron chi connectivity index (χ1n) is 7.70. The van der Waals surface area contributed by atoms with Gasteiger partial charge in [0.05, 0.1) is 25.2 Å². The number of Topliss-reactive ketones (excluding diaryl/α,β-unsaturated/α-hetero) is 1. The zero-order valence-electron chi connectivity index (χ0n) is 14.9. The van der Waals surface area contributed by atoms with Crippen LogP contribution in [0, 0.1) is 10.1 Å². The van der Waals surface area contributed by atoms with Crippen molar-refractivity contribution in [2.24, 2.45) is 0 Å².